The van der Waals surface area contributed by atoms with Crippen LogP contribution in [0.15, 0.2) is 58.3 Å². The molecule has 3 atom stereocenters. The van der Waals surface area contributed by atoms with E-state index in [1.165, 1.54) is 10.8 Å². The number of rotatable bonds is 13. The van der Waals surface area contributed by atoms with Crippen molar-refractivity contribution in [3.05, 3.63) is 80.6 Å². The molecule has 0 saturated heterocycles. The molecular weight excluding hydrogens is 533 g/mol. The number of hydrogen-bond acceptors (Lipinski definition) is 9. The van der Waals surface area contributed by atoms with Gasteiger partial charge in [-0.25, -0.2) is 14.4 Å². The van der Waals surface area contributed by atoms with Crippen molar-refractivity contribution in [3.63, 3.8) is 0 Å². The fourth-order valence-electron chi connectivity index (χ4n) is 3.32. The molecule has 2 heterocycles. The van der Waals surface area contributed by atoms with E-state index in [1.54, 1.807) is 39.8 Å². The summed E-state index contributed by atoms with van der Waals surface area (Å²) >= 11 is 0.985. The van der Waals surface area contributed by atoms with E-state index in [-0.39, 0.29) is 37.2 Å². The predicted molar refractivity (Wildman–Crippen MR) is 145 cm³/mol. The molecule has 2 aromatic rings. The number of benzene rings is 1. The van der Waals surface area contributed by atoms with Crippen molar-refractivity contribution < 1.29 is 28.3 Å². The number of thioether (sulfide) groups is 1. The van der Waals surface area contributed by atoms with E-state index in [1.807, 2.05) is 30.3 Å². The van der Waals surface area contributed by atoms with E-state index in [0.717, 1.165) is 17.3 Å². The third-order valence-electron chi connectivity index (χ3n) is 5.79. The van der Waals surface area contributed by atoms with Gasteiger partial charge in [-0.15, -0.1) is 0 Å². The molecule has 0 bridgehead atoms. The summed E-state index contributed by atoms with van der Waals surface area (Å²) in [4.78, 5) is 38.4. The highest BCUT2D eigenvalue weighted by molar-refractivity contribution is 8.13. The normalized spacial score (nSPS) is 20.9. The van der Waals surface area contributed by atoms with Crippen LogP contribution in [0, 0.1) is 12.3 Å². The van der Waals surface area contributed by atoms with E-state index in [2.05, 4.69) is 10.1 Å². The number of aromatic amines is 1. The minimum atomic E-state index is -3.86. The zero-order chi connectivity index (χ0) is 28.0. The third kappa shape index (κ3) is 8.09. The van der Waals surface area contributed by atoms with Gasteiger partial charge in [0.2, 0.25) is 0 Å². The van der Waals surface area contributed by atoms with Crippen LogP contribution in [-0.2, 0) is 29.7 Å². The number of H-pyrrole nitrogens is 1. The van der Waals surface area contributed by atoms with E-state index < -0.39 is 36.2 Å². The van der Waals surface area contributed by atoms with Gasteiger partial charge in [-0.2, -0.15) is 0 Å². The smallest absolute Gasteiger partial charge is 0.395 e. The highest BCUT2D eigenvalue weighted by atomic mass is 32.2. The van der Waals surface area contributed by atoms with Crippen LogP contribution in [-0.4, -0.2) is 50.9 Å². The van der Waals surface area contributed by atoms with Crippen LogP contribution in [0.5, 0.6) is 0 Å². The molecule has 38 heavy (non-hydrogen) atoms. The van der Waals surface area contributed by atoms with E-state index in [9.17, 15) is 24.1 Å². The standard InChI is InChI=1S/C25H34N3O8PS/c1-18-15-28(23(32)27-21(18)30)20-10-11-25(4,36-20)17-35-37(33,26-14-19-8-6-5-7-9-19)34-12-13-38-22(31)24(2,3)16-29/h5-11,15,20,29H,12-14,16-17H2,1-4H3,(H,26,33)(H,27,30,32)/t20-,25+,37-/m1/s1. The van der Waals surface area contributed by atoms with Gasteiger partial charge >= 0.3 is 13.4 Å². The largest absolute Gasteiger partial charge is 0.405 e. The number of aliphatic hydroxyl groups is 1. The van der Waals surface area contributed by atoms with Gasteiger partial charge in [0.05, 0.1) is 25.2 Å². The number of hydrogen-bond donors (Lipinski definition) is 3. The Hall–Kier alpha value is -2.31. The lowest BCUT2D eigenvalue weighted by Gasteiger charge is -2.28. The fraction of sp³-hybridized carbons (Fsp3) is 0.480. The molecule has 3 N–H and O–H groups in total. The van der Waals surface area contributed by atoms with Crippen LogP contribution in [0.25, 0.3) is 0 Å². The molecule has 0 amide bonds. The lowest BCUT2D eigenvalue weighted by molar-refractivity contribution is -0.119. The lowest BCUT2D eigenvalue weighted by atomic mass is 9.97. The number of aliphatic hydroxyl groups excluding tert-OH is 1. The molecule has 0 fully saturated rings. The van der Waals surface area contributed by atoms with Crippen LogP contribution < -0.4 is 16.3 Å². The monoisotopic (exact) mass is 567 g/mol. The minimum absolute atomic E-state index is 0.0426. The summed E-state index contributed by atoms with van der Waals surface area (Å²) < 4.78 is 32.2. The Morgan fingerprint density at radius 1 is 1.29 bits per heavy atom. The molecule has 1 aromatic heterocycles. The number of ether oxygens (including phenoxy) is 1. The first-order valence-corrected chi connectivity index (χ1v) is 14.5. The number of aromatic nitrogens is 2. The zero-order valence-corrected chi connectivity index (χ0v) is 23.6. The van der Waals surface area contributed by atoms with E-state index in [0.29, 0.717) is 5.56 Å². The molecule has 1 aliphatic heterocycles. The second-order valence-electron chi connectivity index (χ2n) is 9.76. The van der Waals surface area contributed by atoms with Crippen LogP contribution in [0.2, 0.25) is 0 Å². The van der Waals surface area contributed by atoms with E-state index >= 15 is 0 Å². The van der Waals surface area contributed by atoms with Gasteiger partial charge in [-0.3, -0.25) is 28.2 Å². The summed E-state index contributed by atoms with van der Waals surface area (Å²) in [5.41, 5.74) is -1.80. The maximum absolute atomic E-state index is 13.6. The molecule has 0 radical (unpaired) electrons. The van der Waals surface area contributed by atoms with Crippen LogP contribution in [0.1, 0.15) is 38.1 Å². The topological polar surface area (TPSA) is 149 Å². The average Bonchev–Trinajstić information content (AvgIpc) is 3.29. The average molecular weight is 568 g/mol. The summed E-state index contributed by atoms with van der Waals surface area (Å²) in [6, 6.07) is 9.30. The van der Waals surface area contributed by atoms with Crippen LogP contribution >= 0.6 is 19.5 Å². The lowest BCUT2D eigenvalue weighted by Crippen LogP contribution is -2.36. The number of aryl methyl sites for hydroxylation is 1. The molecule has 208 valence electrons. The summed E-state index contributed by atoms with van der Waals surface area (Å²) in [5, 5.41) is 12.0. The summed E-state index contributed by atoms with van der Waals surface area (Å²) in [7, 11) is -3.86. The molecular formula is C25H34N3O8PS. The Bertz CT molecular complexity index is 1310. The summed E-state index contributed by atoms with van der Waals surface area (Å²) in [6.45, 7) is 6.30. The number of carbonyl (C=O) groups excluding carboxylic acids is 1. The predicted octanol–water partition coefficient (Wildman–Crippen LogP) is 2.90. The molecule has 3 rings (SSSR count). The van der Waals surface area contributed by atoms with Gasteiger partial charge in [0.25, 0.3) is 5.56 Å². The Morgan fingerprint density at radius 2 is 2.00 bits per heavy atom. The number of carbonyl (C=O) groups is 1. The van der Waals surface area contributed by atoms with Gasteiger partial charge in [0.15, 0.2) is 11.3 Å². The first-order chi connectivity index (χ1) is 17.9. The van der Waals surface area contributed by atoms with Crippen LogP contribution in [0.4, 0.5) is 0 Å². The van der Waals surface area contributed by atoms with Crippen molar-refractivity contribution >= 4 is 24.6 Å². The first-order valence-electron chi connectivity index (χ1n) is 12.0. The number of nitrogens with zero attached hydrogens (tertiary/aromatic N) is 1. The molecule has 0 aliphatic carbocycles. The molecule has 11 nitrogen and oxygen atoms in total. The molecule has 1 aliphatic rings. The molecule has 0 unspecified atom stereocenters. The highest BCUT2D eigenvalue weighted by Crippen LogP contribution is 2.46. The second kappa shape index (κ2) is 12.7. The second-order valence-corrected chi connectivity index (χ2v) is 12.7. The van der Waals surface area contributed by atoms with Gasteiger partial charge in [0, 0.05) is 24.1 Å². The highest BCUT2D eigenvalue weighted by Gasteiger charge is 2.36. The first kappa shape index (κ1) is 30.2. The zero-order valence-electron chi connectivity index (χ0n) is 21.8. The fourth-order valence-corrected chi connectivity index (χ4v) is 5.65. The van der Waals surface area contributed by atoms with Gasteiger partial charge in [-0.1, -0.05) is 48.2 Å². The number of nitrogens with one attached hydrogen (secondary N) is 2. The maximum Gasteiger partial charge on any atom is 0.405 e. The quantitative estimate of drug-likeness (QED) is 0.187. The third-order valence-corrected chi connectivity index (χ3v) is 8.51. The van der Waals surface area contributed by atoms with Crippen molar-refractivity contribution in [3.8, 4) is 0 Å². The Morgan fingerprint density at radius 3 is 2.68 bits per heavy atom. The van der Waals surface area contributed by atoms with Gasteiger partial charge < -0.3 is 9.84 Å². The van der Waals surface area contributed by atoms with Gasteiger partial charge in [-0.05, 0) is 39.3 Å². The van der Waals surface area contributed by atoms with Crippen molar-refractivity contribution in [2.45, 2.75) is 46.1 Å². The summed E-state index contributed by atoms with van der Waals surface area (Å²) in [6.07, 6.45) is 3.96. The molecule has 1 aromatic carbocycles. The summed E-state index contributed by atoms with van der Waals surface area (Å²) in [5.74, 6) is 0.215. The SMILES string of the molecule is Cc1cn([C@H]2C=C[C@@](C)(CO[P@@](=O)(NCc3ccccc3)OCCSC(=O)C(C)(C)CO)O2)c(=O)[nH]c1=O. The van der Waals surface area contributed by atoms with Crippen molar-refractivity contribution in [1.29, 1.82) is 0 Å². The maximum atomic E-state index is 13.6. The van der Waals surface area contributed by atoms with E-state index in [4.69, 9.17) is 13.8 Å². The van der Waals surface area contributed by atoms with Crippen molar-refractivity contribution in [2.75, 3.05) is 25.6 Å². The molecule has 13 heteroatoms. The van der Waals surface area contributed by atoms with Crippen molar-refractivity contribution in [2.24, 2.45) is 5.41 Å². The van der Waals surface area contributed by atoms with Crippen LogP contribution in [0.3, 0.4) is 0 Å². The Labute approximate surface area is 225 Å². The molecule has 0 spiro atoms. The molecule has 0 saturated carbocycles. The minimum Gasteiger partial charge on any atom is -0.395 e. The van der Waals surface area contributed by atoms with Gasteiger partial charge in [0.1, 0.15) is 5.60 Å². The van der Waals surface area contributed by atoms with Crippen molar-refractivity contribution in [1.82, 2.24) is 14.6 Å². The Balaban J connectivity index is 1.64. The Kier molecular flexibility index (Phi) is 10.1.